The predicted molar refractivity (Wildman–Crippen MR) is 102 cm³/mol. The van der Waals surface area contributed by atoms with E-state index >= 15 is 0 Å². The van der Waals surface area contributed by atoms with Gasteiger partial charge in [0.15, 0.2) is 0 Å². The summed E-state index contributed by atoms with van der Waals surface area (Å²) in [5, 5.41) is 16.0. The molecule has 3 rings (SSSR count). The Kier molecular flexibility index (Phi) is 4.95. The molecule has 6 nitrogen and oxygen atoms in total. The van der Waals surface area contributed by atoms with E-state index in [-0.39, 0.29) is 12.1 Å². The summed E-state index contributed by atoms with van der Waals surface area (Å²) in [6.45, 7) is 3.67. The topological polar surface area (TPSA) is 87.1 Å². The first-order chi connectivity index (χ1) is 12.0. The Morgan fingerprint density at radius 3 is 2.76 bits per heavy atom. The summed E-state index contributed by atoms with van der Waals surface area (Å²) in [6.07, 6.45) is 1.50. The summed E-state index contributed by atoms with van der Waals surface area (Å²) >= 11 is 3.44. The first-order valence-electron chi connectivity index (χ1n) is 7.45. The molecule has 0 bridgehead atoms. The summed E-state index contributed by atoms with van der Waals surface area (Å²) < 4.78 is 0.963. The predicted octanol–water partition coefficient (Wildman–Crippen LogP) is 4.19. The Morgan fingerprint density at radius 2 is 2.00 bits per heavy atom. The molecular weight excluding hydrogens is 384 g/mol. The van der Waals surface area contributed by atoms with Crippen molar-refractivity contribution in [2.45, 2.75) is 0 Å². The van der Waals surface area contributed by atoms with Crippen LogP contribution in [0.1, 0.15) is 0 Å². The van der Waals surface area contributed by atoms with Gasteiger partial charge in [0, 0.05) is 33.4 Å². The quantitative estimate of drug-likeness (QED) is 0.539. The highest BCUT2D eigenvalue weighted by Crippen LogP contribution is 2.26. The lowest BCUT2D eigenvalue weighted by atomic mass is 10.2. The fourth-order valence-electron chi connectivity index (χ4n) is 2.25. The molecule has 0 aliphatic heterocycles. The monoisotopic (exact) mass is 398 g/mol. The van der Waals surface area contributed by atoms with Gasteiger partial charge >= 0.3 is 5.97 Å². The van der Waals surface area contributed by atoms with Crippen molar-refractivity contribution in [1.82, 2.24) is 9.97 Å². The van der Waals surface area contributed by atoms with E-state index in [1.54, 1.807) is 0 Å². The van der Waals surface area contributed by atoms with Crippen LogP contribution in [-0.4, -0.2) is 27.6 Å². The Balaban J connectivity index is 1.89. The van der Waals surface area contributed by atoms with Crippen LogP contribution in [0.4, 0.5) is 17.2 Å². The smallest absolute Gasteiger partial charge is 0.332 e. The normalized spacial score (nSPS) is 10.4. The lowest BCUT2D eigenvalue weighted by molar-refractivity contribution is -0.132. The minimum Gasteiger partial charge on any atom is -0.478 e. The number of aromatic nitrogens is 2. The number of anilines is 3. The third-order valence-electron chi connectivity index (χ3n) is 3.53. The van der Waals surface area contributed by atoms with Crippen LogP contribution in [0.3, 0.4) is 0 Å². The molecule has 0 atom stereocenters. The number of hydrogen-bond donors (Lipinski definition) is 3. The lowest BCUT2D eigenvalue weighted by Gasteiger charge is -2.11. The van der Waals surface area contributed by atoms with E-state index in [0.29, 0.717) is 5.82 Å². The van der Waals surface area contributed by atoms with Crippen molar-refractivity contribution >= 4 is 50.0 Å². The first kappa shape index (κ1) is 16.9. The average molecular weight is 399 g/mol. The van der Waals surface area contributed by atoms with Crippen LogP contribution < -0.4 is 10.6 Å². The molecule has 1 aromatic heterocycles. The second-order valence-corrected chi connectivity index (χ2v) is 6.27. The van der Waals surface area contributed by atoms with Crippen LogP contribution >= 0.6 is 15.9 Å². The largest absolute Gasteiger partial charge is 0.478 e. The van der Waals surface area contributed by atoms with Gasteiger partial charge in [-0.3, -0.25) is 0 Å². The van der Waals surface area contributed by atoms with Gasteiger partial charge < -0.3 is 15.7 Å². The molecule has 0 saturated carbocycles. The van der Waals surface area contributed by atoms with Crippen LogP contribution in [-0.2, 0) is 4.79 Å². The number of nitrogens with one attached hydrogen (secondary N) is 2. The summed E-state index contributed by atoms with van der Waals surface area (Å²) in [5.74, 6) is -0.350. The second kappa shape index (κ2) is 7.31. The average Bonchev–Trinajstić information content (AvgIpc) is 2.60. The molecule has 3 aromatic rings. The van der Waals surface area contributed by atoms with Gasteiger partial charge in [0.05, 0.1) is 5.52 Å². The van der Waals surface area contributed by atoms with Gasteiger partial charge in [-0.15, -0.1) is 0 Å². The zero-order valence-corrected chi connectivity index (χ0v) is 14.7. The minimum absolute atomic E-state index is 0.0943. The molecule has 0 aliphatic carbocycles. The van der Waals surface area contributed by atoms with Gasteiger partial charge in [-0.05, 0) is 36.4 Å². The highest BCUT2D eigenvalue weighted by Gasteiger charge is 2.07. The van der Waals surface area contributed by atoms with Gasteiger partial charge in [-0.1, -0.05) is 28.6 Å². The molecular formula is C18H15BrN4O2. The Bertz CT molecular complexity index is 959. The van der Waals surface area contributed by atoms with Crippen molar-refractivity contribution in [2.75, 3.05) is 17.2 Å². The fraction of sp³-hybridized carbons (Fsp3) is 0.0556. The molecule has 0 radical (unpaired) electrons. The van der Waals surface area contributed by atoms with Crippen LogP contribution in [0.2, 0.25) is 0 Å². The van der Waals surface area contributed by atoms with Crippen LogP contribution in [0, 0.1) is 0 Å². The lowest BCUT2D eigenvalue weighted by Crippen LogP contribution is -2.11. The van der Waals surface area contributed by atoms with Gasteiger partial charge in [0.25, 0.3) is 0 Å². The molecule has 0 aliphatic rings. The van der Waals surface area contributed by atoms with Crippen molar-refractivity contribution < 1.29 is 9.90 Å². The molecule has 7 heteroatoms. The minimum atomic E-state index is -1.02. The molecule has 0 spiro atoms. The third-order valence-corrected chi connectivity index (χ3v) is 4.02. The van der Waals surface area contributed by atoms with Crippen molar-refractivity contribution in [2.24, 2.45) is 0 Å². The zero-order valence-electron chi connectivity index (χ0n) is 13.2. The third kappa shape index (κ3) is 4.13. The molecule has 3 N–H and O–H groups in total. The van der Waals surface area contributed by atoms with Gasteiger partial charge in [-0.25, -0.2) is 14.8 Å². The number of halogens is 1. The molecule has 1 heterocycles. The standard InChI is InChI=1S/C18H15BrN4O2/c1-11(18(24)25)9-20-13-5-6-16-15(8-13)17(22-10-21-16)23-14-4-2-3-12(19)7-14/h2-8,10,20H,1,9H2,(H,24,25)(H,21,22,23). The Hall–Kier alpha value is -2.93. The van der Waals surface area contributed by atoms with E-state index in [2.05, 4.69) is 43.1 Å². The van der Waals surface area contributed by atoms with Crippen molar-refractivity contribution in [3.05, 3.63) is 65.4 Å². The number of nitrogens with zero attached hydrogens (tertiary/aromatic N) is 2. The van der Waals surface area contributed by atoms with E-state index in [9.17, 15) is 4.79 Å². The number of fused-ring (bicyclic) bond motifs is 1. The van der Waals surface area contributed by atoms with Crippen LogP contribution in [0.5, 0.6) is 0 Å². The molecule has 0 amide bonds. The fourth-order valence-corrected chi connectivity index (χ4v) is 2.65. The SMILES string of the molecule is C=C(CNc1ccc2ncnc(Nc3cccc(Br)c3)c2c1)C(=O)O. The number of carbonyl (C=O) groups is 1. The maximum absolute atomic E-state index is 10.8. The molecule has 25 heavy (non-hydrogen) atoms. The van der Waals surface area contributed by atoms with Crippen LogP contribution in [0.15, 0.2) is 65.4 Å². The van der Waals surface area contributed by atoms with E-state index < -0.39 is 5.97 Å². The van der Waals surface area contributed by atoms with Crippen molar-refractivity contribution in [3.63, 3.8) is 0 Å². The highest BCUT2D eigenvalue weighted by atomic mass is 79.9. The van der Waals surface area contributed by atoms with Crippen LogP contribution in [0.25, 0.3) is 10.9 Å². The summed E-state index contributed by atoms with van der Waals surface area (Å²) in [4.78, 5) is 19.4. The first-order valence-corrected chi connectivity index (χ1v) is 8.24. The number of carboxylic acid groups (broad SMARTS) is 1. The second-order valence-electron chi connectivity index (χ2n) is 5.35. The molecule has 0 saturated heterocycles. The van der Waals surface area contributed by atoms with E-state index in [4.69, 9.17) is 5.11 Å². The summed E-state index contributed by atoms with van der Waals surface area (Å²) in [7, 11) is 0. The van der Waals surface area contributed by atoms with Gasteiger partial charge in [0.2, 0.25) is 0 Å². The zero-order chi connectivity index (χ0) is 17.8. The Morgan fingerprint density at radius 1 is 1.16 bits per heavy atom. The molecule has 0 fully saturated rings. The van der Waals surface area contributed by atoms with E-state index in [1.165, 1.54) is 6.33 Å². The van der Waals surface area contributed by atoms with E-state index in [0.717, 1.165) is 26.8 Å². The maximum atomic E-state index is 10.8. The molecule has 2 aromatic carbocycles. The number of rotatable bonds is 6. The number of aliphatic carboxylic acids is 1. The summed E-state index contributed by atoms with van der Waals surface area (Å²) in [5.41, 5.74) is 2.54. The molecule has 126 valence electrons. The van der Waals surface area contributed by atoms with Crippen molar-refractivity contribution in [3.8, 4) is 0 Å². The number of hydrogen-bond acceptors (Lipinski definition) is 5. The molecule has 0 unspecified atom stereocenters. The summed E-state index contributed by atoms with van der Waals surface area (Å²) in [6, 6.07) is 13.3. The van der Waals surface area contributed by atoms with Gasteiger partial charge in [-0.2, -0.15) is 0 Å². The number of carboxylic acids is 1. The highest BCUT2D eigenvalue weighted by molar-refractivity contribution is 9.10. The maximum Gasteiger partial charge on any atom is 0.332 e. The van der Waals surface area contributed by atoms with Crippen molar-refractivity contribution in [1.29, 1.82) is 0 Å². The van der Waals surface area contributed by atoms with E-state index in [1.807, 2.05) is 42.5 Å². The Labute approximate surface area is 152 Å². The number of benzene rings is 2. The van der Waals surface area contributed by atoms with Gasteiger partial charge in [0.1, 0.15) is 12.1 Å².